The first kappa shape index (κ1) is 27.4. The fourth-order valence-corrected chi connectivity index (χ4v) is 5.71. The molecule has 2 aliphatic rings. The maximum absolute atomic E-state index is 12.9. The number of nitrogens with one attached hydrogen (secondary N) is 2. The van der Waals surface area contributed by atoms with Crippen LogP contribution in [0.1, 0.15) is 48.8 Å². The van der Waals surface area contributed by atoms with Gasteiger partial charge in [0.2, 0.25) is 5.91 Å². The van der Waals surface area contributed by atoms with Crippen LogP contribution in [0.4, 0.5) is 4.79 Å². The van der Waals surface area contributed by atoms with Gasteiger partial charge in [0.05, 0.1) is 12.7 Å². The number of hydrogen-bond donors (Lipinski definition) is 3. The maximum Gasteiger partial charge on any atom is 0.407 e. The molecule has 2 amide bonds. The predicted octanol–water partition coefficient (Wildman–Crippen LogP) is 4.87. The van der Waals surface area contributed by atoms with E-state index in [2.05, 4.69) is 34.9 Å². The van der Waals surface area contributed by atoms with E-state index in [0.717, 1.165) is 27.8 Å². The molecule has 1 fully saturated rings. The number of amides is 2. The SMILES string of the molecule is CC(OCc1ccccc1)C(NC(=O)C1CCC(NC(=O)OCC2c3ccccc3-c3ccccc32)C1)C(=O)O. The number of aliphatic carboxylic acids is 1. The largest absolute Gasteiger partial charge is 0.480 e. The summed E-state index contributed by atoms with van der Waals surface area (Å²) in [4.78, 5) is 37.5. The summed E-state index contributed by atoms with van der Waals surface area (Å²) in [6.45, 7) is 2.10. The first-order valence-corrected chi connectivity index (χ1v) is 13.7. The molecule has 0 aliphatic heterocycles. The highest BCUT2D eigenvalue weighted by Gasteiger charge is 2.35. The Morgan fingerprint density at radius 3 is 2.17 bits per heavy atom. The third-order valence-corrected chi connectivity index (χ3v) is 7.86. The molecule has 0 aromatic heterocycles. The maximum atomic E-state index is 12.9. The second-order valence-electron chi connectivity index (χ2n) is 10.5. The molecule has 2 aliphatic carbocycles. The molecule has 8 heteroatoms. The molecule has 4 atom stereocenters. The lowest BCUT2D eigenvalue weighted by molar-refractivity contribution is -0.147. The van der Waals surface area contributed by atoms with Gasteiger partial charge >= 0.3 is 12.1 Å². The highest BCUT2D eigenvalue weighted by atomic mass is 16.5. The highest BCUT2D eigenvalue weighted by molar-refractivity contribution is 5.85. The number of alkyl carbamates (subject to hydrolysis) is 1. The van der Waals surface area contributed by atoms with Gasteiger partial charge in [0.15, 0.2) is 6.04 Å². The molecule has 0 spiro atoms. The van der Waals surface area contributed by atoms with E-state index in [1.165, 1.54) is 0 Å². The number of fused-ring (bicyclic) bond motifs is 3. The monoisotopic (exact) mass is 542 g/mol. The smallest absolute Gasteiger partial charge is 0.407 e. The minimum atomic E-state index is -1.18. The molecule has 5 rings (SSSR count). The number of ether oxygens (including phenoxy) is 2. The number of carbonyl (C=O) groups excluding carboxylic acids is 2. The molecule has 0 heterocycles. The van der Waals surface area contributed by atoms with E-state index in [4.69, 9.17) is 9.47 Å². The summed E-state index contributed by atoms with van der Waals surface area (Å²) in [5.74, 6) is -1.93. The second kappa shape index (κ2) is 12.3. The number of carboxylic acids is 1. The summed E-state index contributed by atoms with van der Waals surface area (Å²) < 4.78 is 11.4. The Morgan fingerprint density at radius 1 is 0.900 bits per heavy atom. The summed E-state index contributed by atoms with van der Waals surface area (Å²) in [6, 6.07) is 24.4. The normalized spacial score (nSPS) is 19.2. The first-order valence-electron chi connectivity index (χ1n) is 13.7. The summed E-state index contributed by atoms with van der Waals surface area (Å²) in [5.41, 5.74) is 5.53. The van der Waals surface area contributed by atoms with Crippen molar-refractivity contribution in [2.45, 2.75) is 56.9 Å². The van der Waals surface area contributed by atoms with E-state index >= 15 is 0 Å². The van der Waals surface area contributed by atoms with Crippen molar-refractivity contribution in [1.82, 2.24) is 10.6 Å². The van der Waals surface area contributed by atoms with Crippen LogP contribution >= 0.6 is 0 Å². The van der Waals surface area contributed by atoms with Crippen LogP contribution in [0.3, 0.4) is 0 Å². The van der Waals surface area contributed by atoms with Crippen molar-refractivity contribution in [3.05, 3.63) is 95.6 Å². The zero-order valence-electron chi connectivity index (χ0n) is 22.4. The van der Waals surface area contributed by atoms with Gasteiger partial charge in [-0.25, -0.2) is 9.59 Å². The molecule has 0 bridgehead atoms. The van der Waals surface area contributed by atoms with Crippen molar-refractivity contribution in [1.29, 1.82) is 0 Å². The molecule has 3 aromatic carbocycles. The molecule has 40 heavy (non-hydrogen) atoms. The second-order valence-corrected chi connectivity index (χ2v) is 10.5. The van der Waals surface area contributed by atoms with E-state index in [9.17, 15) is 19.5 Å². The third kappa shape index (κ3) is 6.18. The van der Waals surface area contributed by atoms with E-state index in [1.54, 1.807) is 6.92 Å². The van der Waals surface area contributed by atoms with Crippen LogP contribution in [-0.2, 0) is 25.7 Å². The van der Waals surface area contributed by atoms with Crippen LogP contribution in [0.25, 0.3) is 11.1 Å². The van der Waals surface area contributed by atoms with Crippen LogP contribution in [0.2, 0.25) is 0 Å². The quantitative estimate of drug-likeness (QED) is 0.337. The Labute approximate surface area is 233 Å². The van der Waals surface area contributed by atoms with Gasteiger partial charge in [-0.05, 0) is 54.0 Å². The van der Waals surface area contributed by atoms with Gasteiger partial charge in [-0.3, -0.25) is 4.79 Å². The highest BCUT2D eigenvalue weighted by Crippen LogP contribution is 2.44. The predicted molar refractivity (Wildman–Crippen MR) is 150 cm³/mol. The Morgan fingerprint density at radius 2 is 1.52 bits per heavy atom. The minimum Gasteiger partial charge on any atom is -0.480 e. The number of rotatable bonds is 10. The number of benzene rings is 3. The van der Waals surface area contributed by atoms with Crippen molar-refractivity contribution in [2.75, 3.05) is 6.61 Å². The summed E-state index contributed by atoms with van der Waals surface area (Å²) >= 11 is 0. The molecule has 1 saturated carbocycles. The van der Waals surface area contributed by atoms with Gasteiger partial charge in [-0.2, -0.15) is 0 Å². The summed E-state index contributed by atoms with van der Waals surface area (Å²) in [7, 11) is 0. The van der Waals surface area contributed by atoms with Gasteiger partial charge in [0.25, 0.3) is 0 Å². The molecular weight excluding hydrogens is 508 g/mol. The minimum absolute atomic E-state index is 0.0284. The molecular formula is C32H34N2O6. The lowest BCUT2D eigenvalue weighted by Gasteiger charge is -2.23. The van der Waals surface area contributed by atoms with Crippen LogP contribution in [0.15, 0.2) is 78.9 Å². The Balaban J connectivity index is 1.10. The molecule has 0 saturated heterocycles. The topological polar surface area (TPSA) is 114 Å². The van der Waals surface area contributed by atoms with Crippen LogP contribution in [-0.4, -0.2) is 47.9 Å². The van der Waals surface area contributed by atoms with Crippen molar-refractivity contribution in [3.8, 4) is 11.1 Å². The fraction of sp³-hybridized carbons (Fsp3) is 0.344. The number of carboxylic acid groups (broad SMARTS) is 1. The first-order chi connectivity index (χ1) is 19.4. The number of carbonyl (C=O) groups is 3. The van der Waals surface area contributed by atoms with E-state index in [-0.39, 0.29) is 31.1 Å². The average molecular weight is 543 g/mol. The van der Waals surface area contributed by atoms with Gasteiger partial charge in [-0.1, -0.05) is 78.9 Å². The van der Waals surface area contributed by atoms with Crippen molar-refractivity contribution < 1.29 is 29.0 Å². The zero-order chi connectivity index (χ0) is 28.1. The Kier molecular flexibility index (Phi) is 8.45. The van der Waals surface area contributed by atoms with Crippen molar-refractivity contribution >= 4 is 18.0 Å². The van der Waals surface area contributed by atoms with E-state index < -0.39 is 30.1 Å². The lowest BCUT2D eigenvalue weighted by atomic mass is 9.98. The molecule has 3 N–H and O–H groups in total. The standard InChI is InChI=1S/C32H34N2O6/c1-20(39-18-21-9-3-2-4-10-21)29(31(36)37)34-30(35)22-15-16-23(17-22)33-32(38)40-19-28-26-13-7-5-11-24(26)25-12-6-8-14-27(25)28/h2-14,20,22-23,28-29H,15-19H2,1H3,(H,33,38)(H,34,35)(H,36,37). The summed E-state index contributed by atoms with van der Waals surface area (Å²) in [6.07, 6.45) is 0.338. The number of hydrogen-bond acceptors (Lipinski definition) is 5. The lowest BCUT2D eigenvalue weighted by Crippen LogP contribution is -2.50. The van der Waals surface area contributed by atoms with Crippen LogP contribution < -0.4 is 10.6 Å². The van der Waals surface area contributed by atoms with E-state index in [0.29, 0.717) is 19.3 Å². The van der Waals surface area contributed by atoms with E-state index in [1.807, 2.05) is 54.6 Å². The van der Waals surface area contributed by atoms with Gasteiger partial charge < -0.3 is 25.2 Å². The van der Waals surface area contributed by atoms with Gasteiger partial charge in [0, 0.05) is 17.9 Å². The fourth-order valence-electron chi connectivity index (χ4n) is 5.71. The van der Waals surface area contributed by atoms with Crippen molar-refractivity contribution in [3.63, 3.8) is 0 Å². The molecule has 4 unspecified atom stereocenters. The zero-order valence-corrected chi connectivity index (χ0v) is 22.4. The van der Waals surface area contributed by atoms with Gasteiger partial charge in [0.1, 0.15) is 6.61 Å². The van der Waals surface area contributed by atoms with Crippen molar-refractivity contribution in [2.24, 2.45) is 5.92 Å². The third-order valence-electron chi connectivity index (χ3n) is 7.86. The van der Waals surface area contributed by atoms with Crippen LogP contribution in [0, 0.1) is 5.92 Å². The Hall–Kier alpha value is -4.17. The molecule has 0 radical (unpaired) electrons. The van der Waals surface area contributed by atoms with Crippen LogP contribution in [0.5, 0.6) is 0 Å². The molecule has 208 valence electrons. The molecule has 3 aromatic rings. The Bertz CT molecular complexity index is 1310. The average Bonchev–Trinajstić information content (AvgIpc) is 3.56. The summed E-state index contributed by atoms with van der Waals surface area (Å²) in [5, 5.41) is 15.2. The molecule has 8 nitrogen and oxygen atoms in total. The van der Waals surface area contributed by atoms with Gasteiger partial charge in [-0.15, -0.1) is 0 Å².